The first-order valence-electron chi connectivity index (χ1n) is 14.7. The number of phenolic OH excluding ortho intramolecular Hbond substituents is 1. The van der Waals surface area contributed by atoms with Crippen molar-refractivity contribution in [3.05, 3.63) is 47.7 Å². The molecule has 0 bridgehead atoms. The number of nitrogens with zero attached hydrogens (tertiary/aromatic N) is 5. The number of alkyl halides is 1. The average molecular weight is 624 g/mol. The van der Waals surface area contributed by atoms with E-state index < -0.39 is 17.8 Å². The highest BCUT2D eigenvalue weighted by atomic mass is 19.1. The number of phenols is 1. The van der Waals surface area contributed by atoms with E-state index in [0.29, 0.717) is 55.5 Å². The lowest BCUT2D eigenvalue weighted by atomic mass is 9.96. The summed E-state index contributed by atoms with van der Waals surface area (Å²) in [4.78, 5) is 17.2. The van der Waals surface area contributed by atoms with Crippen LogP contribution in [0.15, 0.2) is 30.5 Å². The first-order valence-corrected chi connectivity index (χ1v) is 14.7. The minimum absolute atomic E-state index is 0.00355. The summed E-state index contributed by atoms with van der Waals surface area (Å²) in [6.45, 7) is 4.02. The van der Waals surface area contributed by atoms with E-state index >= 15 is 4.39 Å². The third-order valence-electron chi connectivity index (χ3n) is 8.05. The molecule has 9 nitrogen and oxygen atoms in total. The predicted molar refractivity (Wildman–Crippen MR) is 166 cm³/mol. The van der Waals surface area contributed by atoms with Crippen LogP contribution in [0.25, 0.3) is 32.9 Å². The molecular formula is C33H36F3N5O4. The van der Waals surface area contributed by atoms with E-state index in [-0.39, 0.29) is 39.5 Å². The van der Waals surface area contributed by atoms with Crippen LogP contribution < -0.4 is 9.64 Å². The minimum Gasteiger partial charge on any atom is -0.508 e. The standard InChI is InChI=1S/C24H18F2N4O3.C7H12FN.C2H6O/c1-3-15-18(25)5-4-13-10-14(31)11-16(19(13)15)21-20(26)22-17(12-27-21)23(29-24(28-22)32-2)30-6-8-33-9-7-30;8-6-4-7-2-1-3-9(7)5-6;1-3-2/h1,4-5,10-12,31H,6-9H2,2H3;6-7H,1-5H2;1-2H3. The number of aromatic nitrogens is 3. The summed E-state index contributed by atoms with van der Waals surface area (Å²) in [5, 5.41) is 11.4. The van der Waals surface area contributed by atoms with E-state index in [1.807, 2.05) is 4.90 Å². The molecule has 3 aliphatic heterocycles. The fraction of sp³-hybridized carbons (Fsp3) is 0.424. The van der Waals surface area contributed by atoms with E-state index in [4.69, 9.17) is 15.9 Å². The van der Waals surface area contributed by atoms with Gasteiger partial charge < -0.3 is 24.2 Å². The molecule has 4 aromatic rings. The summed E-state index contributed by atoms with van der Waals surface area (Å²) in [5.74, 6) is 1.28. The molecule has 2 atom stereocenters. The van der Waals surface area contributed by atoms with Crippen LogP contribution in [0.5, 0.6) is 11.8 Å². The first kappa shape index (κ1) is 32.2. The Kier molecular flexibility index (Phi) is 10.2. The normalized spacial score (nSPS) is 19.4. The van der Waals surface area contributed by atoms with Crippen molar-refractivity contribution >= 4 is 27.5 Å². The number of rotatable bonds is 3. The summed E-state index contributed by atoms with van der Waals surface area (Å²) in [5.41, 5.74) is -0.0249. The van der Waals surface area contributed by atoms with Gasteiger partial charge in [-0.2, -0.15) is 9.97 Å². The molecule has 3 saturated heterocycles. The van der Waals surface area contributed by atoms with Gasteiger partial charge in [-0.3, -0.25) is 9.88 Å². The van der Waals surface area contributed by atoms with Crippen molar-refractivity contribution in [3.8, 4) is 35.4 Å². The molecular weight excluding hydrogens is 587 g/mol. The van der Waals surface area contributed by atoms with E-state index in [2.05, 4.69) is 30.5 Å². The molecule has 0 saturated carbocycles. The van der Waals surface area contributed by atoms with E-state index in [0.717, 1.165) is 13.0 Å². The second kappa shape index (κ2) is 14.3. The van der Waals surface area contributed by atoms with Gasteiger partial charge in [-0.05, 0) is 49.4 Å². The fourth-order valence-corrected chi connectivity index (χ4v) is 6.10. The highest BCUT2D eigenvalue weighted by Gasteiger charge is 2.34. The van der Waals surface area contributed by atoms with Crippen LogP contribution in [0, 0.1) is 24.0 Å². The maximum atomic E-state index is 15.9. The maximum Gasteiger partial charge on any atom is 0.318 e. The molecule has 12 heteroatoms. The molecule has 2 unspecified atom stereocenters. The Labute approximate surface area is 259 Å². The van der Waals surface area contributed by atoms with Crippen LogP contribution in [0.2, 0.25) is 0 Å². The maximum absolute atomic E-state index is 15.9. The molecule has 238 valence electrons. The van der Waals surface area contributed by atoms with Crippen LogP contribution in [0.4, 0.5) is 19.0 Å². The van der Waals surface area contributed by atoms with Gasteiger partial charge in [0.1, 0.15) is 34.8 Å². The van der Waals surface area contributed by atoms with Gasteiger partial charge in [0.25, 0.3) is 0 Å². The lowest BCUT2D eigenvalue weighted by Gasteiger charge is -2.28. The van der Waals surface area contributed by atoms with Crippen LogP contribution in [-0.2, 0) is 9.47 Å². The lowest BCUT2D eigenvalue weighted by Crippen LogP contribution is -2.37. The molecule has 0 spiro atoms. The SMILES string of the molecule is C#Cc1c(F)ccc2cc(O)cc(-c3ncc4c(N5CCOCC5)nc(OC)nc4c3F)c12.COC.FC1CC2CCCN2C1. The summed E-state index contributed by atoms with van der Waals surface area (Å²) in [6.07, 6.45) is 9.83. The van der Waals surface area contributed by atoms with Crippen LogP contribution in [0.1, 0.15) is 24.8 Å². The third kappa shape index (κ3) is 6.76. The Hall–Kier alpha value is -4.18. The third-order valence-corrected chi connectivity index (χ3v) is 8.05. The molecule has 45 heavy (non-hydrogen) atoms. The number of aromatic hydroxyl groups is 1. The van der Waals surface area contributed by atoms with Crippen molar-refractivity contribution in [3.63, 3.8) is 0 Å². The van der Waals surface area contributed by atoms with Crippen molar-refractivity contribution in [2.45, 2.75) is 31.5 Å². The number of halogens is 3. The van der Waals surface area contributed by atoms with Crippen molar-refractivity contribution in [2.75, 3.05) is 65.6 Å². The molecule has 0 radical (unpaired) electrons. The molecule has 3 fully saturated rings. The number of pyridine rings is 1. The highest BCUT2D eigenvalue weighted by molar-refractivity contribution is 6.03. The smallest absolute Gasteiger partial charge is 0.318 e. The second-order valence-corrected chi connectivity index (χ2v) is 11.0. The highest BCUT2D eigenvalue weighted by Crippen LogP contribution is 2.38. The van der Waals surface area contributed by atoms with Gasteiger partial charge in [-0.15, -0.1) is 6.42 Å². The summed E-state index contributed by atoms with van der Waals surface area (Å²) < 4.78 is 57.9. The quantitative estimate of drug-likeness (QED) is 0.313. The van der Waals surface area contributed by atoms with Crippen LogP contribution in [-0.4, -0.2) is 97.9 Å². The van der Waals surface area contributed by atoms with Gasteiger partial charge in [0, 0.05) is 57.0 Å². The number of ether oxygens (including phenoxy) is 3. The number of hydrogen-bond acceptors (Lipinski definition) is 9. The molecule has 0 aliphatic carbocycles. The van der Waals surface area contributed by atoms with Gasteiger partial charge in [-0.1, -0.05) is 12.0 Å². The fourth-order valence-electron chi connectivity index (χ4n) is 6.10. The molecule has 1 N–H and O–H groups in total. The van der Waals surface area contributed by atoms with Crippen molar-refractivity contribution in [1.29, 1.82) is 0 Å². The topological polar surface area (TPSA) is 93.1 Å². The van der Waals surface area contributed by atoms with Gasteiger partial charge in [-0.25, -0.2) is 13.2 Å². The molecule has 5 heterocycles. The number of terminal acetylenes is 1. The Morgan fingerprint density at radius 1 is 1.09 bits per heavy atom. The van der Waals surface area contributed by atoms with E-state index in [1.54, 1.807) is 14.2 Å². The van der Waals surface area contributed by atoms with Crippen molar-refractivity contribution in [2.24, 2.45) is 0 Å². The zero-order valence-electron chi connectivity index (χ0n) is 25.5. The largest absolute Gasteiger partial charge is 0.508 e. The predicted octanol–water partition coefficient (Wildman–Crippen LogP) is 5.11. The number of methoxy groups -OCH3 is 2. The number of anilines is 1. The molecule has 2 aromatic carbocycles. The molecule has 0 amide bonds. The average Bonchev–Trinajstić information content (AvgIpc) is 3.63. The number of benzene rings is 2. The molecule has 3 aliphatic rings. The Morgan fingerprint density at radius 3 is 2.53 bits per heavy atom. The molecule has 2 aromatic heterocycles. The zero-order valence-corrected chi connectivity index (χ0v) is 25.5. The minimum atomic E-state index is -0.762. The summed E-state index contributed by atoms with van der Waals surface area (Å²) in [7, 11) is 4.65. The Balaban J connectivity index is 0.000000278. The number of morpholine rings is 1. The second-order valence-electron chi connectivity index (χ2n) is 11.0. The van der Waals surface area contributed by atoms with Gasteiger partial charge in [0.15, 0.2) is 5.82 Å². The van der Waals surface area contributed by atoms with E-state index in [9.17, 15) is 13.9 Å². The Morgan fingerprint density at radius 2 is 1.84 bits per heavy atom. The zero-order chi connectivity index (χ0) is 32.1. The molecule has 7 rings (SSSR count). The van der Waals surface area contributed by atoms with Crippen LogP contribution >= 0.6 is 0 Å². The van der Waals surface area contributed by atoms with E-state index in [1.165, 1.54) is 50.4 Å². The monoisotopic (exact) mass is 623 g/mol. The Bertz CT molecular complexity index is 1700. The summed E-state index contributed by atoms with van der Waals surface area (Å²) >= 11 is 0. The first-order chi connectivity index (χ1) is 21.8. The van der Waals surface area contributed by atoms with Gasteiger partial charge in [0.05, 0.1) is 31.3 Å². The van der Waals surface area contributed by atoms with Crippen LogP contribution in [0.3, 0.4) is 0 Å². The lowest BCUT2D eigenvalue weighted by molar-refractivity contribution is 0.122. The van der Waals surface area contributed by atoms with Gasteiger partial charge >= 0.3 is 6.01 Å². The van der Waals surface area contributed by atoms with Crippen molar-refractivity contribution < 1.29 is 32.5 Å². The number of fused-ring (bicyclic) bond motifs is 3. The van der Waals surface area contributed by atoms with Crippen molar-refractivity contribution in [1.82, 2.24) is 19.9 Å². The number of hydrogen-bond donors (Lipinski definition) is 1. The summed E-state index contributed by atoms with van der Waals surface area (Å²) in [6, 6.07) is 6.02. The van der Waals surface area contributed by atoms with Gasteiger partial charge in [0.2, 0.25) is 0 Å².